The van der Waals surface area contributed by atoms with E-state index in [1.165, 1.54) is 23.4 Å². The van der Waals surface area contributed by atoms with E-state index in [1.807, 2.05) is 0 Å². The molecule has 3 rings (SSSR count). The maximum absolute atomic E-state index is 12.9. The Morgan fingerprint density at radius 2 is 1.80 bits per heavy atom. The number of amides is 1. The number of nitrogens with zero attached hydrogens (tertiary/aromatic N) is 2. The molecule has 5 heteroatoms. The van der Waals surface area contributed by atoms with Crippen LogP contribution in [0.1, 0.15) is 12.5 Å². The van der Waals surface area contributed by atoms with Crippen LogP contribution in [-0.4, -0.2) is 43.0 Å². The average Bonchev–Trinajstić information content (AvgIpc) is 2.58. The first-order valence-electron chi connectivity index (χ1n) is 8.62. The molecule has 1 heterocycles. The summed E-state index contributed by atoms with van der Waals surface area (Å²) in [6.45, 7) is 7.20. The van der Waals surface area contributed by atoms with Gasteiger partial charge >= 0.3 is 0 Å². The highest BCUT2D eigenvalue weighted by Crippen LogP contribution is 2.21. The minimum Gasteiger partial charge on any atom is -0.366 e. The molecule has 0 saturated carbocycles. The molecule has 1 saturated heterocycles. The normalized spacial score (nSPS) is 18.2. The third kappa shape index (κ3) is 4.57. The minimum atomic E-state index is -0.306. The van der Waals surface area contributed by atoms with Gasteiger partial charge in [0.2, 0.25) is 5.91 Å². The van der Waals surface area contributed by atoms with Crippen LogP contribution in [0, 0.1) is 12.7 Å². The van der Waals surface area contributed by atoms with Gasteiger partial charge in [-0.15, -0.1) is 0 Å². The molecule has 0 aliphatic carbocycles. The fraction of sp³-hybridized carbons (Fsp3) is 0.350. The molecule has 4 nitrogen and oxygen atoms in total. The molecule has 0 bridgehead atoms. The first-order valence-corrected chi connectivity index (χ1v) is 8.62. The van der Waals surface area contributed by atoms with Gasteiger partial charge in [-0.1, -0.05) is 17.7 Å². The molecule has 1 aliphatic heterocycles. The number of aryl methyl sites for hydroxylation is 1. The van der Waals surface area contributed by atoms with E-state index in [1.54, 1.807) is 12.1 Å². The van der Waals surface area contributed by atoms with Gasteiger partial charge in [-0.05, 0) is 50.2 Å². The number of benzene rings is 2. The van der Waals surface area contributed by atoms with E-state index in [0.717, 1.165) is 19.6 Å². The third-order valence-electron chi connectivity index (χ3n) is 4.57. The lowest BCUT2D eigenvalue weighted by molar-refractivity contribution is -0.117. The van der Waals surface area contributed by atoms with Crippen LogP contribution in [0.15, 0.2) is 48.5 Å². The molecule has 25 heavy (non-hydrogen) atoms. The lowest BCUT2D eigenvalue weighted by atomic mass is 10.1. The molecule has 2 aromatic carbocycles. The number of piperazine rings is 1. The first-order chi connectivity index (χ1) is 12.0. The summed E-state index contributed by atoms with van der Waals surface area (Å²) >= 11 is 0. The zero-order valence-electron chi connectivity index (χ0n) is 14.7. The van der Waals surface area contributed by atoms with Crippen molar-refractivity contribution in [2.75, 3.05) is 36.4 Å². The maximum Gasteiger partial charge on any atom is 0.238 e. The number of rotatable bonds is 4. The Bertz CT molecular complexity index is 715. The first kappa shape index (κ1) is 17.4. The quantitative estimate of drug-likeness (QED) is 0.927. The van der Waals surface area contributed by atoms with Crippen LogP contribution in [0.3, 0.4) is 0 Å². The molecular weight excluding hydrogens is 317 g/mol. The summed E-state index contributed by atoms with van der Waals surface area (Å²) in [6.07, 6.45) is 0. The summed E-state index contributed by atoms with van der Waals surface area (Å²) in [5.74, 6) is -0.373. The van der Waals surface area contributed by atoms with Gasteiger partial charge in [-0.3, -0.25) is 9.69 Å². The van der Waals surface area contributed by atoms with E-state index in [4.69, 9.17) is 0 Å². The molecule has 1 N–H and O–H groups in total. The van der Waals surface area contributed by atoms with Crippen molar-refractivity contribution in [1.82, 2.24) is 4.90 Å². The molecule has 1 unspecified atom stereocenters. The summed E-state index contributed by atoms with van der Waals surface area (Å²) < 4.78 is 12.9. The molecular formula is C20H24FN3O. The number of carbonyl (C=O) groups is 1. The van der Waals surface area contributed by atoms with Gasteiger partial charge in [0.15, 0.2) is 0 Å². The second-order valence-corrected chi connectivity index (χ2v) is 6.67. The monoisotopic (exact) mass is 341 g/mol. The highest BCUT2D eigenvalue weighted by molar-refractivity contribution is 5.92. The highest BCUT2D eigenvalue weighted by atomic mass is 19.1. The number of halogens is 1. The molecule has 2 aromatic rings. The fourth-order valence-electron chi connectivity index (χ4n) is 3.23. The van der Waals surface area contributed by atoms with E-state index < -0.39 is 0 Å². The van der Waals surface area contributed by atoms with Crippen molar-refractivity contribution < 1.29 is 9.18 Å². The fourth-order valence-corrected chi connectivity index (χ4v) is 3.23. The van der Waals surface area contributed by atoms with Crippen LogP contribution < -0.4 is 10.2 Å². The minimum absolute atomic E-state index is 0.0670. The molecule has 0 aromatic heterocycles. The van der Waals surface area contributed by atoms with Crippen LogP contribution in [-0.2, 0) is 4.79 Å². The lowest BCUT2D eigenvalue weighted by Gasteiger charge is -2.41. The largest absolute Gasteiger partial charge is 0.366 e. The number of nitrogens with one attached hydrogen (secondary N) is 1. The maximum atomic E-state index is 12.9. The summed E-state index contributed by atoms with van der Waals surface area (Å²) in [6, 6.07) is 14.8. The van der Waals surface area contributed by atoms with Crippen molar-refractivity contribution >= 4 is 17.3 Å². The molecule has 0 radical (unpaired) electrons. The molecule has 1 amide bonds. The second kappa shape index (κ2) is 7.66. The van der Waals surface area contributed by atoms with Crippen LogP contribution in [0.25, 0.3) is 0 Å². The van der Waals surface area contributed by atoms with E-state index in [0.29, 0.717) is 18.3 Å². The van der Waals surface area contributed by atoms with Crippen LogP contribution in [0.5, 0.6) is 0 Å². The summed E-state index contributed by atoms with van der Waals surface area (Å²) in [4.78, 5) is 16.7. The lowest BCUT2D eigenvalue weighted by Crippen LogP contribution is -2.53. The van der Waals surface area contributed by atoms with Gasteiger partial charge in [-0.2, -0.15) is 0 Å². The van der Waals surface area contributed by atoms with Gasteiger partial charge in [0.05, 0.1) is 6.54 Å². The Morgan fingerprint density at radius 1 is 1.12 bits per heavy atom. The molecule has 132 valence electrons. The molecule has 0 spiro atoms. The van der Waals surface area contributed by atoms with Crippen LogP contribution >= 0.6 is 0 Å². The number of anilines is 2. The Labute approximate surface area is 148 Å². The standard InChI is InChI=1S/C20H24FN3O/c1-15-3-9-19(10-4-15)24-12-11-23(13-16(24)2)14-20(25)22-18-7-5-17(21)6-8-18/h3-10,16H,11-14H2,1-2H3,(H,22,25). The van der Waals surface area contributed by atoms with Gasteiger partial charge in [0.1, 0.15) is 5.82 Å². The smallest absolute Gasteiger partial charge is 0.238 e. The molecule has 1 fully saturated rings. The van der Waals surface area contributed by atoms with E-state index >= 15 is 0 Å². The summed E-state index contributed by atoms with van der Waals surface area (Å²) in [5, 5.41) is 2.82. The zero-order chi connectivity index (χ0) is 17.8. The Morgan fingerprint density at radius 3 is 2.44 bits per heavy atom. The molecule has 1 atom stereocenters. The van der Waals surface area contributed by atoms with E-state index in [-0.39, 0.29) is 11.7 Å². The van der Waals surface area contributed by atoms with Gasteiger partial charge in [0.25, 0.3) is 0 Å². The van der Waals surface area contributed by atoms with Gasteiger partial charge in [0, 0.05) is 37.1 Å². The van der Waals surface area contributed by atoms with Crippen molar-refractivity contribution in [1.29, 1.82) is 0 Å². The topological polar surface area (TPSA) is 35.6 Å². The third-order valence-corrected chi connectivity index (χ3v) is 4.57. The number of hydrogen-bond donors (Lipinski definition) is 1. The van der Waals surface area contributed by atoms with Gasteiger partial charge < -0.3 is 10.2 Å². The van der Waals surface area contributed by atoms with Crippen molar-refractivity contribution in [3.63, 3.8) is 0 Å². The zero-order valence-corrected chi connectivity index (χ0v) is 14.7. The predicted octanol–water partition coefficient (Wildman–Crippen LogP) is 3.28. The molecule has 1 aliphatic rings. The SMILES string of the molecule is Cc1ccc(N2CCN(CC(=O)Nc3ccc(F)cc3)CC2C)cc1. The van der Waals surface area contributed by atoms with Crippen LogP contribution in [0.4, 0.5) is 15.8 Å². The van der Waals surface area contributed by atoms with Crippen molar-refractivity contribution in [2.24, 2.45) is 0 Å². The van der Waals surface area contributed by atoms with Crippen LogP contribution in [0.2, 0.25) is 0 Å². The number of carbonyl (C=O) groups excluding carboxylic acids is 1. The highest BCUT2D eigenvalue weighted by Gasteiger charge is 2.25. The second-order valence-electron chi connectivity index (χ2n) is 6.67. The summed E-state index contributed by atoms with van der Waals surface area (Å²) in [7, 11) is 0. The van der Waals surface area contributed by atoms with Crippen molar-refractivity contribution in [3.05, 3.63) is 59.9 Å². The predicted molar refractivity (Wildman–Crippen MR) is 99.5 cm³/mol. The van der Waals surface area contributed by atoms with Crippen molar-refractivity contribution in [2.45, 2.75) is 19.9 Å². The average molecular weight is 341 g/mol. The number of hydrogen-bond acceptors (Lipinski definition) is 3. The van der Waals surface area contributed by atoms with E-state index in [9.17, 15) is 9.18 Å². The van der Waals surface area contributed by atoms with Crippen molar-refractivity contribution in [3.8, 4) is 0 Å². The Hall–Kier alpha value is -2.40. The van der Waals surface area contributed by atoms with Gasteiger partial charge in [-0.25, -0.2) is 4.39 Å². The Kier molecular flexibility index (Phi) is 5.34. The van der Waals surface area contributed by atoms with E-state index in [2.05, 4.69) is 53.2 Å². The Balaban J connectivity index is 1.53. The summed E-state index contributed by atoms with van der Waals surface area (Å²) in [5.41, 5.74) is 3.11.